The van der Waals surface area contributed by atoms with Crippen LogP contribution in [-0.4, -0.2) is 17.7 Å². The van der Waals surface area contributed by atoms with Gasteiger partial charge in [-0.25, -0.2) is 4.79 Å². The van der Waals surface area contributed by atoms with Gasteiger partial charge in [-0.3, -0.25) is 0 Å². The van der Waals surface area contributed by atoms with Gasteiger partial charge in [-0.2, -0.15) is 0 Å². The molecule has 3 heteroatoms. The first kappa shape index (κ1) is 12.8. The zero-order chi connectivity index (χ0) is 11.2. The highest BCUT2D eigenvalue weighted by atomic mass is 16.6. The Morgan fingerprint density at radius 2 is 2.14 bits per heavy atom. The number of hydrogen-bond donors (Lipinski definition) is 1. The van der Waals surface area contributed by atoms with Gasteiger partial charge in [-0.15, -0.1) is 12.3 Å². The first-order valence-corrected chi connectivity index (χ1v) is 4.78. The van der Waals surface area contributed by atoms with Gasteiger partial charge in [-0.05, 0) is 34.1 Å². The second kappa shape index (κ2) is 5.54. The van der Waals surface area contributed by atoms with Crippen molar-refractivity contribution in [1.82, 2.24) is 5.32 Å². The summed E-state index contributed by atoms with van der Waals surface area (Å²) in [5, 5.41) is 2.71. The van der Waals surface area contributed by atoms with Gasteiger partial charge in [0, 0.05) is 12.5 Å². The smallest absolute Gasteiger partial charge is 0.407 e. The molecule has 0 bridgehead atoms. The molecule has 0 spiro atoms. The maximum absolute atomic E-state index is 11.2. The number of rotatable bonds is 3. The molecule has 0 rings (SSSR count). The Morgan fingerprint density at radius 1 is 1.57 bits per heavy atom. The van der Waals surface area contributed by atoms with Crippen LogP contribution in [0.5, 0.6) is 0 Å². The maximum Gasteiger partial charge on any atom is 0.407 e. The Hall–Kier alpha value is -1.17. The summed E-state index contributed by atoms with van der Waals surface area (Å²) in [5.41, 5.74) is -0.448. The minimum absolute atomic E-state index is 0.0564. The first-order valence-electron chi connectivity index (χ1n) is 4.78. The normalized spacial score (nSPS) is 12.8. The molecule has 0 aliphatic carbocycles. The van der Waals surface area contributed by atoms with E-state index < -0.39 is 5.60 Å². The number of carbonyl (C=O) groups excluding carboxylic acids is 1. The molecule has 1 N–H and O–H groups in total. The molecule has 0 aromatic carbocycles. The SMILES string of the molecule is C#CCCC(C)NC(=O)OC(C)(C)C. The topological polar surface area (TPSA) is 38.3 Å². The summed E-state index contributed by atoms with van der Waals surface area (Å²) in [6, 6.07) is 0.0564. The van der Waals surface area contributed by atoms with E-state index in [1.54, 1.807) is 0 Å². The summed E-state index contributed by atoms with van der Waals surface area (Å²) >= 11 is 0. The van der Waals surface area contributed by atoms with E-state index in [0.29, 0.717) is 6.42 Å². The van der Waals surface area contributed by atoms with Crippen LogP contribution in [0, 0.1) is 12.3 Å². The van der Waals surface area contributed by atoms with E-state index >= 15 is 0 Å². The maximum atomic E-state index is 11.2. The van der Waals surface area contributed by atoms with Crippen molar-refractivity contribution in [3.8, 4) is 12.3 Å². The zero-order valence-corrected chi connectivity index (χ0v) is 9.39. The zero-order valence-electron chi connectivity index (χ0n) is 9.39. The third-order valence-electron chi connectivity index (χ3n) is 1.48. The fourth-order valence-corrected chi connectivity index (χ4v) is 0.881. The Morgan fingerprint density at radius 3 is 2.57 bits per heavy atom. The molecule has 0 aromatic heterocycles. The number of hydrogen-bond acceptors (Lipinski definition) is 2. The third-order valence-corrected chi connectivity index (χ3v) is 1.48. The lowest BCUT2D eigenvalue weighted by Gasteiger charge is -2.21. The van der Waals surface area contributed by atoms with Crippen molar-refractivity contribution in [1.29, 1.82) is 0 Å². The Balaban J connectivity index is 3.78. The lowest BCUT2D eigenvalue weighted by Crippen LogP contribution is -2.37. The molecule has 0 radical (unpaired) electrons. The van der Waals surface area contributed by atoms with Crippen LogP contribution in [0.2, 0.25) is 0 Å². The third kappa shape index (κ3) is 7.48. The Kier molecular flexibility index (Phi) is 5.07. The number of carbonyl (C=O) groups is 1. The summed E-state index contributed by atoms with van der Waals surface area (Å²) in [5.74, 6) is 2.53. The number of amides is 1. The first-order chi connectivity index (χ1) is 6.35. The van der Waals surface area contributed by atoms with Crippen LogP contribution < -0.4 is 5.32 Å². The lowest BCUT2D eigenvalue weighted by molar-refractivity contribution is 0.0507. The predicted molar refractivity (Wildman–Crippen MR) is 56.9 cm³/mol. The second-order valence-electron chi connectivity index (χ2n) is 4.29. The van der Waals surface area contributed by atoms with E-state index in [-0.39, 0.29) is 12.1 Å². The van der Waals surface area contributed by atoms with Crippen LogP contribution in [0.15, 0.2) is 0 Å². The van der Waals surface area contributed by atoms with Gasteiger partial charge in [-0.1, -0.05) is 0 Å². The summed E-state index contributed by atoms with van der Waals surface area (Å²) in [6.07, 6.45) is 6.17. The standard InChI is InChI=1S/C11H19NO2/c1-6-7-8-9(2)12-10(13)14-11(3,4)5/h1,9H,7-8H2,2-5H3,(H,12,13). The van der Waals surface area contributed by atoms with E-state index in [1.807, 2.05) is 27.7 Å². The summed E-state index contributed by atoms with van der Waals surface area (Å²) < 4.78 is 5.09. The lowest BCUT2D eigenvalue weighted by atomic mass is 10.2. The van der Waals surface area contributed by atoms with Gasteiger partial charge >= 0.3 is 6.09 Å². The van der Waals surface area contributed by atoms with E-state index in [0.717, 1.165) is 6.42 Å². The number of ether oxygens (including phenoxy) is 1. The Labute approximate surface area is 86.2 Å². The van der Waals surface area contributed by atoms with E-state index in [1.165, 1.54) is 0 Å². The number of alkyl carbamates (subject to hydrolysis) is 1. The van der Waals surface area contributed by atoms with Gasteiger partial charge in [0.05, 0.1) is 0 Å². The van der Waals surface area contributed by atoms with Crippen molar-refractivity contribution >= 4 is 6.09 Å². The van der Waals surface area contributed by atoms with E-state index in [2.05, 4.69) is 11.2 Å². The quantitative estimate of drug-likeness (QED) is 0.705. The molecule has 1 atom stereocenters. The van der Waals surface area contributed by atoms with Crippen LogP contribution in [-0.2, 0) is 4.74 Å². The second-order valence-corrected chi connectivity index (χ2v) is 4.29. The molecule has 80 valence electrons. The number of nitrogens with one attached hydrogen (secondary N) is 1. The van der Waals surface area contributed by atoms with Crippen molar-refractivity contribution in [3.05, 3.63) is 0 Å². The monoisotopic (exact) mass is 197 g/mol. The van der Waals surface area contributed by atoms with Gasteiger partial charge < -0.3 is 10.1 Å². The van der Waals surface area contributed by atoms with Crippen molar-refractivity contribution in [2.24, 2.45) is 0 Å². The molecular formula is C11H19NO2. The molecule has 0 aromatic rings. The summed E-state index contributed by atoms with van der Waals surface area (Å²) in [7, 11) is 0. The molecular weight excluding hydrogens is 178 g/mol. The van der Waals surface area contributed by atoms with Crippen molar-refractivity contribution in [2.75, 3.05) is 0 Å². The van der Waals surface area contributed by atoms with Crippen molar-refractivity contribution in [2.45, 2.75) is 52.2 Å². The van der Waals surface area contributed by atoms with Gasteiger partial charge in [0.15, 0.2) is 0 Å². The summed E-state index contributed by atoms with van der Waals surface area (Å²) in [4.78, 5) is 11.2. The molecule has 1 amide bonds. The van der Waals surface area contributed by atoms with Gasteiger partial charge in [0.1, 0.15) is 5.60 Å². The molecule has 0 saturated heterocycles. The average molecular weight is 197 g/mol. The van der Waals surface area contributed by atoms with Gasteiger partial charge in [0.2, 0.25) is 0 Å². The highest BCUT2D eigenvalue weighted by molar-refractivity contribution is 5.67. The molecule has 0 fully saturated rings. The largest absolute Gasteiger partial charge is 0.444 e. The fourth-order valence-electron chi connectivity index (χ4n) is 0.881. The fraction of sp³-hybridized carbons (Fsp3) is 0.727. The molecule has 14 heavy (non-hydrogen) atoms. The van der Waals surface area contributed by atoms with Crippen LogP contribution >= 0.6 is 0 Å². The average Bonchev–Trinajstić information content (AvgIpc) is 1.96. The van der Waals surface area contributed by atoms with E-state index in [4.69, 9.17) is 11.2 Å². The highest BCUT2D eigenvalue weighted by Crippen LogP contribution is 2.07. The highest BCUT2D eigenvalue weighted by Gasteiger charge is 2.17. The molecule has 1 unspecified atom stereocenters. The van der Waals surface area contributed by atoms with Crippen LogP contribution in [0.4, 0.5) is 4.79 Å². The van der Waals surface area contributed by atoms with Crippen LogP contribution in [0.1, 0.15) is 40.5 Å². The molecule has 3 nitrogen and oxygen atoms in total. The minimum Gasteiger partial charge on any atom is -0.444 e. The van der Waals surface area contributed by atoms with Gasteiger partial charge in [0.25, 0.3) is 0 Å². The van der Waals surface area contributed by atoms with Crippen molar-refractivity contribution in [3.63, 3.8) is 0 Å². The molecule has 0 aliphatic rings. The minimum atomic E-state index is -0.448. The van der Waals surface area contributed by atoms with Crippen molar-refractivity contribution < 1.29 is 9.53 Å². The summed E-state index contributed by atoms with van der Waals surface area (Å²) in [6.45, 7) is 7.40. The van der Waals surface area contributed by atoms with E-state index in [9.17, 15) is 4.79 Å². The van der Waals surface area contributed by atoms with Crippen LogP contribution in [0.3, 0.4) is 0 Å². The molecule has 0 aliphatic heterocycles. The van der Waals surface area contributed by atoms with Crippen LogP contribution in [0.25, 0.3) is 0 Å². The number of terminal acetylenes is 1. The molecule has 0 heterocycles. The Bertz CT molecular complexity index is 222. The molecule has 0 saturated carbocycles. The predicted octanol–water partition coefficient (Wildman–Crippen LogP) is 2.31.